The van der Waals surface area contributed by atoms with E-state index in [0.29, 0.717) is 6.04 Å². The van der Waals surface area contributed by atoms with E-state index in [4.69, 9.17) is 4.74 Å². The fourth-order valence-electron chi connectivity index (χ4n) is 2.58. The second kappa shape index (κ2) is 8.49. The van der Waals surface area contributed by atoms with E-state index in [2.05, 4.69) is 60.3 Å². The van der Waals surface area contributed by atoms with Crippen LogP contribution in [0.25, 0.3) is 0 Å². The van der Waals surface area contributed by atoms with Gasteiger partial charge in [0.15, 0.2) is 0 Å². The summed E-state index contributed by atoms with van der Waals surface area (Å²) in [4.78, 5) is 2.47. The lowest BCUT2D eigenvalue weighted by Gasteiger charge is -2.25. The topological polar surface area (TPSA) is 24.5 Å². The minimum Gasteiger partial charge on any atom is -0.383 e. The summed E-state index contributed by atoms with van der Waals surface area (Å²) in [5.74, 6) is 0. The number of halogens is 2. The quantitative estimate of drug-likeness (QED) is 0.752. The SMILES string of the molecule is COCCN(Cc1ccc(Br)c(Br)c1)CC1CCCN1. The van der Waals surface area contributed by atoms with E-state index >= 15 is 0 Å². The van der Waals surface area contributed by atoms with Gasteiger partial charge in [-0.2, -0.15) is 0 Å². The monoisotopic (exact) mass is 404 g/mol. The van der Waals surface area contributed by atoms with Crippen LogP contribution in [-0.4, -0.2) is 44.3 Å². The van der Waals surface area contributed by atoms with E-state index in [1.165, 1.54) is 18.4 Å². The average molecular weight is 406 g/mol. The Labute approximate surface area is 138 Å². The molecule has 5 heteroatoms. The first-order chi connectivity index (χ1) is 9.69. The molecule has 112 valence electrons. The van der Waals surface area contributed by atoms with Crippen molar-refractivity contribution in [2.45, 2.75) is 25.4 Å². The predicted octanol–water partition coefficient (Wildman–Crippen LogP) is 3.41. The molecule has 0 aromatic heterocycles. The van der Waals surface area contributed by atoms with E-state index in [1.54, 1.807) is 7.11 Å². The number of hydrogen-bond acceptors (Lipinski definition) is 3. The van der Waals surface area contributed by atoms with Crippen molar-refractivity contribution in [3.05, 3.63) is 32.7 Å². The first-order valence-electron chi connectivity index (χ1n) is 7.07. The summed E-state index contributed by atoms with van der Waals surface area (Å²) in [6, 6.07) is 7.09. The Morgan fingerprint density at radius 2 is 2.20 bits per heavy atom. The number of nitrogens with one attached hydrogen (secondary N) is 1. The van der Waals surface area contributed by atoms with Crippen LogP contribution >= 0.6 is 31.9 Å². The molecule has 1 saturated heterocycles. The van der Waals surface area contributed by atoms with Crippen LogP contribution in [0.1, 0.15) is 18.4 Å². The van der Waals surface area contributed by atoms with Crippen molar-refractivity contribution in [3.8, 4) is 0 Å². The molecule has 1 atom stereocenters. The van der Waals surface area contributed by atoms with Gasteiger partial charge in [0.25, 0.3) is 0 Å². The molecule has 1 aromatic carbocycles. The highest BCUT2D eigenvalue weighted by Crippen LogP contribution is 2.24. The number of ether oxygens (including phenoxy) is 1. The van der Waals surface area contributed by atoms with Crippen LogP contribution in [-0.2, 0) is 11.3 Å². The number of hydrogen-bond donors (Lipinski definition) is 1. The molecule has 1 unspecified atom stereocenters. The van der Waals surface area contributed by atoms with Crippen molar-refractivity contribution >= 4 is 31.9 Å². The molecule has 1 N–H and O–H groups in total. The van der Waals surface area contributed by atoms with Crippen molar-refractivity contribution in [2.75, 3.05) is 33.4 Å². The third kappa shape index (κ3) is 5.11. The minimum atomic E-state index is 0.630. The zero-order valence-electron chi connectivity index (χ0n) is 11.9. The van der Waals surface area contributed by atoms with Gasteiger partial charge < -0.3 is 10.1 Å². The van der Waals surface area contributed by atoms with Crippen LogP contribution in [0.4, 0.5) is 0 Å². The molecule has 3 nitrogen and oxygen atoms in total. The molecule has 0 bridgehead atoms. The van der Waals surface area contributed by atoms with Crippen LogP contribution in [0.5, 0.6) is 0 Å². The highest BCUT2D eigenvalue weighted by Gasteiger charge is 2.18. The summed E-state index contributed by atoms with van der Waals surface area (Å²) >= 11 is 7.09. The van der Waals surface area contributed by atoms with Gasteiger partial charge in [-0.15, -0.1) is 0 Å². The van der Waals surface area contributed by atoms with E-state index in [-0.39, 0.29) is 0 Å². The highest BCUT2D eigenvalue weighted by molar-refractivity contribution is 9.13. The lowest BCUT2D eigenvalue weighted by atomic mass is 10.1. The van der Waals surface area contributed by atoms with Gasteiger partial charge in [-0.25, -0.2) is 0 Å². The van der Waals surface area contributed by atoms with Crippen molar-refractivity contribution in [3.63, 3.8) is 0 Å². The Morgan fingerprint density at radius 1 is 1.35 bits per heavy atom. The zero-order valence-corrected chi connectivity index (χ0v) is 15.0. The highest BCUT2D eigenvalue weighted by atomic mass is 79.9. The van der Waals surface area contributed by atoms with E-state index in [0.717, 1.165) is 41.7 Å². The van der Waals surface area contributed by atoms with Crippen LogP contribution in [0.2, 0.25) is 0 Å². The molecular weight excluding hydrogens is 384 g/mol. The summed E-state index contributed by atoms with van der Waals surface area (Å²) < 4.78 is 7.45. The second-order valence-electron chi connectivity index (χ2n) is 5.27. The van der Waals surface area contributed by atoms with Crippen LogP contribution in [0.3, 0.4) is 0 Å². The van der Waals surface area contributed by atoms with Gasteiger partial charge in [-0.05, 0) is 68.9 Å². The van der Waals surface area contributed by atoms with E-state index < -0.39 is 0 Å². The number of rotatable bonds is 7. The van der Waals surface area contributed by atoms with Crippen LogP contribution < -0.4 is 5.32 Å². The average Bonchev–Trinajstić information content (AvgIpc) is 2.93. The molecule has 0 spiro atoms. The molecule has 1 heterocycles. The Balaban J connectivity index is 1.95. The van der Waals surface area contributed by atoms with E-state index in [9.17, 15) is 0 Å². The number of nitrogens with zero attached hydrogens (tertiary/aromatic N) is 1. The van der Waals surface area contributed by atoms with Gasteiger partial charge in [-0.1, -0.05) is 6.07 Å². The molecule has 1 aliphatic rings. The maximum atomic E-state index is 5.24. The molecule has 20 heavy (non-hydrogen) atoms. The molecule has 1 fully saturated rings. The molecular formula is C15H22Br2N2O. The smallest absolute Gasteiger partial charge is 0.0589 e. The third-order valence-electron chi connectivity index (χ3n) is 3.64. The Bertz CT molecular complexity index is 422. The fourth-order valence-corrected chi connectivity index (χ4v) is 3.25. The fraction of sp³-hybridized carbons (Fsp3) is 0.600. The van der Waals surface area contributed by atoms with Crippen LogP contribution in [0, 0.1) is 0 Å². The maximum absolute atomic E-state index is 5.24. The lowest BCUT2D eigenvalue weighted by Crippen LogP contribution is -2.38. The second-order valence-corrected chi connectivity index (χ2v) is 6.98. The first-order valence-corrected chi connectivity index (χ1v) is 8.66. The normalized spacial score (nSPS) is 18.9. The Hall–Kier alpha value is 0.0600. The molecule has 1 aliphatic heterocycles. The molecule has 0 radical (unpaired) electrons. The van der Waals surface area contributed by atoms with Crippen molar-refractivity contribution < 1.29 is 4.74 Å². The summed E-state index contributed by atoms with van der Waals surface area (Å²) in [6.45, 7) is 4.98. The summed E-state index contributed by atoms with van der Waals surface area (Å²) in [5, 5.41) is 3.57. The van der Waals surface area contributed by atoms with Gasteiger partial charge in [0.2, 0.25) is 0 Å². The van der Waals surface area contributed by atoms with Gasteiger partial charge >= 0.3 is 0 Å². The number of methoxy groups -OCH3 is 1. The van der Waals surface area contributed by atoms with Crippen molar-refractivity contribution in [2.24, 2.45) is 0 Å². The number of benzene rings is 1. The standard InChI is InChI=1S/C15H22Br2N2O/c1-20-8-7-19(11-13-3-2-6-18-13)10-12-4-5-14(16)15(17)9-12/h4-5,9,13,18H,2-3,6-8,10-11H2,1H3. The van der Waals surface area contributed by atoms with Crippen molar-refractivity contribution in [1.82, 2.24) is 10.2 Å². The van der Waals surface area contributed by atoms with E-state index in [1.807, 2.05) is 0 Å². The maximum Gasteiger partial charge on any atom is 0.0589 e. The largest absolute Gasteiger partial charge is 0.383 e. The first kappa shape index (κ1) is 16.4. The summed E-state index contributed by atoms with van der Waals surface area (Å²) in [6.07, 6.45) is 2.58. The summed E-state index contributed by atoms with van der Waals surface area (Å²) in [7, 11) is 1.77. The minimum absolute atomic E-state index is 0.630. The van der Waals surface area contributed by atoms with Gasteiger partial charge in [-0.3, -0.25) is 4.90 Å². The summed E-state index contributed by atoms with van der Waals surface area (Å²) in [5.41, 5.74) is 1.33. The van der Waals surface area contributed by atoms with Crippen molar-refractivity contribution in [1.29, 1.82) is 0 Å². The Kier molecular flexibility index (Phi) is 6.97. The molecule has 0 amide bonds. The molecule has 0 aliphatic carbocycles. The molecule has 0 saturated carbocycles. The Morgan fingerprint density at radius 3 is 2.85 bits per heavy atom. The lowest BCUT2D eigenvalue weighted by molar-refractivity contribution is 0.138. The van der Waals surface area contributed by atoms with Gasteiger partial charge in [0.05, 0.1) is 6.61 Å². The van der Waals surface area contributed by atoms with Gasteiger partial charge in [0, 0.05) is 41.7 Å². The molecule has 2 rings (SSSR count). The third-order valence-corrected chi connectivity index (χ3v) is 5.52. The zero-order chi connectivity index (χ0) is 14.4. The predicted molar refractivity (Wildman–Crippen MR) is 90.0 cm³/mol. The van der Waals surface area contributed by atoms with Crippen LogP contribution in [0.15, 0.2) is 27.1 Å². The molecule has 1 aromatic rings. The van der Waals surface area contributed by atoms with Gasteiger partial charge in [0.1, 0.15) is 0 Å².